The van der Waals surface area contributed by atoms with Gasteiger partial charge in [0.05, 0.1) is 20.0 Å². The number of methoxy groups -OCH3 is 1. The molecule has 0 saturated heterocycles. The number of carbonyl (C=O) groups excluding carboxylic acids is 1. The molecule has 0 spiro atoms. The number of ether oxygens (including phenoxy) is 1. The van der Waals surface area contributed by atoms with Crippen LogP contribution in [0.2, 0.25) is 0 Å². The van der Waals surface area contributed by atoms with Crippen LogP contribution in [0.5, 0.6) is 5.75 Å². The average molecular weight is 288 g/mol. The van der Waals surface area contributed by atoms with E-state index in [1.54, 1.807) is 25.7 Å². The summed E-state index contributed by atoms with van der Waals surface area (Å²) in [7, 11) is 1.60. The Morgan fingerprint density at radius 1 is 1.48 bits per heavy atom. The van der Waals surface area contributed by atoms with Gasteiger partial charge in [-0.1, -0.05) is 6.07 Å². The van der Waals surface area contributed by atoms with Crippen molar-refractivity contribution >= 4 is 11.6 Å². The monoisotopic (exact) mass is 288 g/mol. The molecule has 21 heavy (non-hydrogen) atoms. The van der Waals surface area contributed by atoms with E-state index in [2.05, 4.69) is 15.6 Å². The van der Waals surface area contributed by atoms with E-state index in [0.29, 0.717) is 5.75 Å². The van der Waals surface area contributed by atoms with Crippen LogP contribution in [0.25, 0.3) is 0 Å². The summed E-state index contributed by atoms with van der Waals surface area (Å²) in [5.41, 5.74) is 0.725. The molecule has 1 atom stereocenters. The van der Waals surface area contributed by atoms with Crippen molar-refractivity contribution in [2.75, 3.05) is 19.0 Å². The molecule has 0 saturated carbocycles. The Labute approximate surface area is 124 Å². The van der Waals surface area contributed by atoms with E-state index in [4.69, 9.17) is 4.74 Å². The highest BCUT2D eigenvalue weighted by molar-refractivity contribution is 5.92. The fourth-order valence-corrected chi connectivity index (χ4v) is 1.95. The normalized spacial score (nSPS) is 11.9. The minimum atomic E-state index is -0.0827. The molecule has 1 unspecified atom stereocenters. The molecular formula is C15H20N4O2. The lowest BCUT2D eigenvalue weighted by Gasteiger charge is -2.14. The summed E-state index contributed by atoms with van der Waals surface area (Å²) in [5.74, 6) is 0.634. The van der Waals surface area contributed by atoms with Gasteiger partial charge in [0.15, 0.2) is 0 Å². The minimum Gasteiger partial charge on any atom is -0.497 e. The highest BCUT2D eigenvalue weighted by Gasteiger charge is 2.07. The predicted octanol–water partition coefficient (Wildman–Crippen LogP) is 1.51. The first-order valence-electron chi connectivity index (χ1n) is 6.80. The number of anilines is 1. The van der Waals surface area contributed by atoms with Crippen LogP contribution in [0.4, 0.5) is 5.69 Å². The zero-order valence-electron chi connectivity index (χ0n) is 12.2. The summed E-state index contributed by atoms with van der Waals surface area (Å²) in [6, 6.07) is 7.46. The lowest BCUT2D eigenvalue weighted by Crippen LogP contribution is -2.36. The highest BCUT2D eigenvalue weighted by atomic mass is 16.5. The Morgan fingerprint density at radius 3 is 3.05 bits per heavy atom. The van der Waals surface area contributed by atoms with E-state index < -0.39 is 0 Å². The summed E-state index contributed by atoms with van der Waals surface area (Å²) in [4.78, 5) is 15.9. The molecule has 1 aromatic carbocycles. The van der Waals surface area contributed by atoms with Crippen molar-refractivity contribution in [1.29, 1.82) is 0 Å². The van der Waals surface area contributed by atoms with Gasteiger partial charge >= 0.3 is 0 Å². The highest BCUT2D eigenvalue weighted by Crippen LogP contribution is 2.16. The van der Waals surface area contributed by atoms with Crippen molar-refractivity contribution < 1.29 is 9.53 Å². The second-order valence-corrected chi connectivity index (χ2v) is 4.82. The van der Waals surface area contributed by atoms with Gasteiger partial charge in [-0.15, -0.1) is 0 Å². The number of hydrogen-bond donors (Lipinski definition) is 2. The number of nitrogens with one attached hydrogen (secondary N) is 2. The van der Waals surface area contributed by atoms with Gasteiger partial charge in [0.1, 0.15) is 5.75 Å². The summed E-state index contributed by atoms with van der Waals surface area (Å²) in [5, 5.41) is 6.01. The molecule has 0 aliphatic rings. The molecule has 112 valence electrons. The maximum absolute atomic E-state index is 11.9. The minimum absolute atomic E-state index is 0.0827. The average Bonchev–Trinajstić information content (AvgIpc) is 2.98. The van der Waals surface area contributed by atoms with Crippen LogP contribution in [-0.4, -0.2) is 35.2 Å². The standard InChI is InChI=1S/C15H20N4O2/c1-12(10-19-7-6-16-11-19)17-9-15(20)18-13-4-3-5-14(8-13)21-2/h3-8,11-12,17H,9-10H2,1-2H3,(H,18,20). The van der Waals surface area contributed by atoms with E-state index in [0.717, 1.165) is 12.2 Å². The molecule has 1 amide bonds. The molecule has 0 fully saturated rings. The topological polar surface area (TPSA) is 68.2 Å². The maximum Gasteiger partial charge on any atom is 0.238 e. The molecule has 1 heterocycles. The molecule has 0 aliphatic heterocycles. The summed E-state index contributed by atoms with van der Waals surface area (Å²) in [6.45, 7) is 3.05. The van der Waals surface area contributed by atoms with Crippen molar-refractivity contribution in [1.82, 2.24) is 14.9 Å². The lowest BCUT2D eigenvalue weighted by molar-refractivity contribution is -0.115. The molecule has 2 N–H and O–H groups in total. The van der Waals surface area contributed by atoms with Crippen molar-refractivity contribution in [2.24, 2.45) is 0 Å². The van der Waals surface area contributed by atoms with Gasteiger partial charge in [-0.25, -0.2) is 4.98 Å². The van der Waals surface area contributed by atoms with Crippen LogP contribution in [0.15, 0.2) is 43.0 Å². The second kappa shape index (κ2) is 7.44. The second-order valence-electron chi connectivity index (χ2n) is 4.82. The van der Waals surface area contributed by atoms with Gasteiger partial charge in [-0.05, 0) is 19.1 Å². The van der Waals surface area contributed by atoms with E-state index in [-0.39, 0.29) is 18.5 Å². The smallest absolute Gasteiger partial charge is 0.238 e. The summed E-state index contributed by atoms with van der Waals surface area (Å²) in [6.07, 6.45) is 5.39. The molecule has 0 bridgehead atoms. The molecule has 2 rings (SSSR count). The fourth-order valence-electron chi connectivity index (χ4n) is 1.95. The molecule has 6 heteroatoms. The first kappa shape index (κ1) is 15.1. The zero-order valence-corrected chi connectivity index (χ0v) is 12.2. The van der Waals surface area contributed by atoms with Crippen LogP contribution in [0.1, 0.15) is 6.92 Å². The number of hydrogen-bond acceptors (Lipinski definition) is 4. The van der Waals surface area contributed by atoms with E-state index in [1.807, 2.05) is 35.9 Å². The van der Waals surface area contributed by atoms with Crippen molar-refractivity contribution in [3.05, 3.63) is 43.0 Å². The van der Waals surface area contributed by atoms with Crippen molar-refractivity contribution in [3.8, 4) is 5.75 Å². The van der Waals surface area contributed by atoms with Gasteiger partial charge < -0.3 is 19.9 Å². The molecule has 0 radical (unpaired) electrons. The van der Waals surface area contributed by atoms with Crippen LogP contribution in [-0.2, 0) is 11.3 Å². The van der Waals surface area contributed by atoms with Gasteiger partial charge in [-0.2, -0.15) is 0 Å². The summed E-state index contributed by atoms with van der Waals surface area (Å²) < 4.78 is 7.09. The number of rotatable bonds is 7. The summed E-state index contributed by atoms with van der Waals surface area (Å²) >= 11 is 0. The van der Waals surface area contributed by atoms with Gasteiger partial charge in [0.2, 0.25) is 5.91 Å². The third-order valence-corrected chi connectivity index (χ3v) is 3.01. The first-order chi connectivity index (χ1) is 10.2. The van der Waals surface area contributed by atoms with E-state index >= 15 is 0 Å². The van der Waals surface area contributed by atoms with Crippen LogP contribution >= 0.6 is 0 Å². The molecule has 1 aromatic heterocycles. The predicted molar refractivity (Wildman–Crippen MR) is 81.3 cm³/mol. The van der Waals surface area contributed by atoms with Crippen molar-refractivity contribution in [3.63, 3.8) is 0 Å². The fraction of sp³-hybridized carbons (Fsp3) is 0.333. The van der Waals surface area contributed by atoms with Gasteiger partial charge in [0.25, 0.3) is 0 Å². The number of benzene rings is 1. The molecular weight excluding hydrogens is 268 g/mol. The van der Waals surface area contributed by atoms with E-state index in [9.17, 15) is 4.79 Å². The quantitative estimate of drug-likeness (QED) is 0.810. The third kappa shape index (κ3) is 4.92. The molecule has 2 aromatic rings. The maximum atomic E-state index is 11.9. The van der Waals surface area contributed by atoms with Crippen molar-refractivity contribution in [2.45, 2.75) is 19.5 Å². The largest absolute Gasteiger partial charge is 0.497 e. The Morgan fingerprint density at radius 2 is 2.33 bits per heavy atom. The Kier molecular flexibility index (Phi) is 5.34. The Hall–Kier alpha value is -2.34. The van der Waals surface area contributed by atoms with Gasteiger partial charge in [-0.3, -0.25) is 4.79 Å². The molecule has 0 aliphatic carbocycles. The zero-order chi connectivity index (χ0) is 15.1. The van der Waals surface area contributed by atoms with Crippen LogP contribution < -0.4 is 15.4 Å². The number of imidazole rings is 1. The van der Waals surface area contributed by atoms with Crippen LogP contribution in [0, 0.1) is 0 Å². The number of amides is 1. The SMILES string of the molecule is COc1cccc(NC(=O)CNC(C)Cn2ccnc2)c1. The van der Waals surface area contributed by atoms with E-state index in [1.165, 1.54) is 0 Å². The number of aromatic nitrogens is 2. The first-order valence-corrected chi connectivity index (χ1v) is 6.80. The number of carbonyl (C=O) groups is 1. The van der Waals surface area contributed by atoms with Crippen LogP contribution in [0.3, 0.4) is 0 Å². The number of nitrogens with zero attached hydrogens (tertiary/aromatic N) is 2. The lowest BCUT2D eigenvalue weighted by atomic mass is 10.3. The van der Waals surface area contributed by atoms with Gasteiger partial charge in [0, 0.05) is 36.7 Å². The Bertz CT molecular complexity index is 569. The molecule has 6 nitrogen and oxygen atoms in total. The third-order valence-electron chi connectivity index (χ3n) is 3.01. The Balaban J connectivity index is 1.76.